The molecule has 4 nitrogen and oxygen atoms in total. The highest BCUT2D eigenvalue weighted by molar-refractivity contribution is 6.62. The highest BCUT2D eigenvalue weighted by atomic mass is 16.7. The Balaban J connectivity index is 1.83. The maximum absolute atomic E-state index is 6.09. The molecule has 0 atom stereocenters. The van der Waals surface area contributed by atoms with Gasteiger partial charge in [-0.05, 0) is 58.1 Å². The molecular formula is C15H23BN2O2. The number of hydrogen-bond donors (Lipinski definition) is 0. The van der Waals surface area contributed by atoms with Crippen LogP contribution in [0.2, 0.25) is 0 Å². The molecule has 1 aromatic heterocycles. The lowest BCUT2D eigenvalue weighted by Crippen LogP contribution is -2.41. The molecule has 1 aliphatic heterocycles. The van der Waals surface area contributed by atoms with Crippen molar-refractivity contribution in [3.8, 4) is 0 Å². The van der Waals surface area contributed by atoms with Gasteiger partial charge in [-0.1, -0.05) is 0 Å². The summed E-state index contributed by atoms with van der Waals surface area (Å²) < 4.78 is 12.2. The van der Waals surface area contributed by atoms with Crippen LogP contribution < -0.4 is 10.4 Å². The lowest BCUT2D eigenvalue weighted by Gasteiger charge is -2.32. The topological polar surface area (TPSA) is 34.6 Å². The van der Waals surface area contributed by atoms with Gasteiger partial charge in [0.25, 0.3) is 0 Å². The van der Waals surface area contributed by atoms with Crippen molar-refractivity contribution in [1.29, 1.82) is 0 Å². The van der Waals surface area contributed by atoms with Crippen molar-refractivity contribution in [1.82, 2.24) is 4.98 Å². The van der Waals surface area contributed by atoms with E-state index in [-0.39, 0.29) is 18.3 Å². The maximum atomic E-state index is 6.09. The lowest BCUT2D eigenvalue weighted by molar-refractivity contribution is 0.00578. The van der Waals surface area contributed by atoms with Crippen LogP contribution in [0.15, 0.2) is 18.3 Å². The highest BCUT2D eigenvalue weighted by Crippen LogP contribution is 2.36. The van der Waals surface area contributed by atoms with Gasteiger partial charge in [0.1, 0.15) is 5.82 Å². The fraction of sp³-hybridized carbons (Fsp3) is 0.667. The first-order valence-corrected chi connectivity index (χ1v) is 7.35. The fourth-order valence-corrected chi connectivity index (χ4v) is 2.40. The summed E-state index contributed by atoms with van der Waals surface area (Å²) in [6.45, 7) is 8.30. The van der Waals surface area contributed by atoms with E-state index in [1.807, 2.05) is 12.3 Å². The number of aromatic nitrogens is 1. The van der Waals surface area contributed by atoms with Crippen LogP contribution >= 0.6 is 0 Å². The van der Waals surface area contributed by atoms with Gasteiger partial charge in [0, 0.05) is 19.3 Å². The van der Waals surface area contributed by atoms with Gasteiger partial charge >= 0.3 is 7.12 Å². The van der Waals surface area contributed by atoms with E-state index < -0.39 is 0 Å². The molecule has 2 aliphatic rings. The van der Waals surface area contributed by atoms with Crippen molar-refractivity contribution in [2.75, 3.05) is 11.9 Å². The second-order valence-corrected chi connectivity index (χ2v) is 6.88. The van der Waals surface area contributed by atoms with Crippen LogP contribution in [0.25, 0.3) is 0 Å². The van der Waals surface area contributed by atoms with Crippen LogP contribution in [0.4, 0.5) is 5.82 Å². The molecule has 2 fully saturated rings. The molecule has 108 valence electrons. The monoisotopic (exact) mass is 274 g/mol. The number of nitrogens with zero attached hydrogens (tertiary/aromatic N) is 2. The Bertz CT molecular complexity index is 498. The minimum atomic E-state index is -0.311. The van der Waals surface area contributed by atoms with Gasteiger partial charge in [0.2, 0.25) is 0 Å². The van der Waals surface area contributed by atoms with Crippen molar-refractivity contribution in [2.24, 2.45) is 0 Å². The molecule has 0 amide bonds. The Labute approximate surface area is 121 Å². The predicted molar refractivity (Wildman–Crippen MR) is 81.4 cm³/mol. The number of anilines is 1. The van der Waals surface area contributed by atoms with Gasteiger partial charge < -0.3 is 14.2 Å². The molecule has 0 bridgehead atoms. The summed E-state index contributed by atoms with van der Waals surface area (Å²) in [7, 11) is 1.79. The summed E-state index contributed by atoms with van der Waals surface area (Å²) in [5.74, 6) is 1.000. The largest absolute Gasteiger partial charge is 0.495 e. The summed E-state index contributed by atoms with van der Waals surface area (Å²) in [5, 5.41) is 0. The second kappa shape index (κ2) is 4.47. The molecule has 0 radical (unpaired) electrons. The predicted octanol–water partition coefficient (Wildman–Crippen LogP) is 1.98. The van der Waals surface area contributed by atoms with Crippen molar-refractivity contribution in [2.45, 2.75) is 57.8 Å². The van der Waals surface area contributed by atoms with E-state index in [0.717, 1.165) is 11.3 Å². The van der Waals surface area contributed by atoms with Gasteiger partial charge in [-0.15, -0.1) is 0 Å². The van der Waals surface area contributed by atoms with E-state index in [4.69, 9.17) is 9.31 Å². The second-order valence-electron chi connectivity index (χ2n) is 6.88. The van der Waals surface area contributed by atoms with Crippen LogP contribution in [-0.2, 0) is 9.31 Å². The van der Waals surface area contributed by atoms with E-state index in [9.17, 15) is 0 Å². The molecule has 1 aromatic rings. The van der Waals surface area contributed by atoms with Gasteiger partial charge in [-0.2, -0.15) is 0 Å². The average molecular weight is 274 g/mol. The molecule has 0 N–H and O–H groups in total. The first-order valence-electron chi connectivity index (χ1n) is 7.35. The molecule has 20 heavy (non-hydrogen) atoms. The fourth-order valence-electron chi connectivity index (χ4n) is 2.40. The van der Waals surface area contributed by atoms with Crippen molar-refractivity contribution >= 4 is 18.4 Å². The third-order valence-electron chi connectivity index (χ3n) is 4.75. The molecule has 1 saturated heterocycles. The molecule has 0 aromatic carbocycles. The minimum absolute atomic E-state index is 0.302. The molecule has 2 heterocycles. The van der Waals surface area contributed by atoms with Crippen LogP contribution in [0.3, 0.4) is 0 Å². The Morgan fingerprint density at radius 2 is 1.80 bits per heavy atom. The van der Waals surface area contributed by atoms with Gasteiger partial charge in [-0.3, -0.25) is 0 Å². The van der Waals surface area contributed by atoms with Gasteiger partial charge in [0.05, 0.1) is 11.2 Å². The van der Waals surface area contributed by atoms with Crippen molar-refractivity contribution < 1.29 is 9.31 Å². The first-order chi connectivity index (χ1) is 9.30. The summed E-state index contributed by atoms with van der Waals surface area (Å²) in [5.41, 5.74) is 0.439. The molecule has 0 unspecified atom stereocenters. The van der Waals surface area contributed by atoms with E-state index >= 15 is 0 Å². The third kappa shape index (κ3) is 2.33. The summed E-state index contributed by atoms with van der Waals surface area (Å²) in [6, 6.07) is 4.71. The molecule has 3 rings (SSSR count). The third-order valence-corrected chi connectivity index (χ3v) is 4.75. The Morgan fingerprint density at radius 1 is 1.20 bits per heavy atom. The number of hydrogen-bond acceptors (Lipinski definition) is 4. The number of rotatable bonds is 3. The number of pyridine rings is 1. The summed E-state index contributed by atoms with van der Waals surface area (Å²) >= 11 is 0. The van der Waals surface area contributed by atoms with Crippen LogP contribution in [-0.4, -0.2) is 36.4 Å². The summed E-state index contributed by atoms with van der Waals surface area (Å²) in [6.07, 6.45) is 4.37. The standard InChI is InChI=1S/C15H23BN2O2/c1-14(2)15(3,4)20-16(19-14)11-8-9-17-13(10-11)18(5)12-6-7-12/h8-10,12H,6-7H2,1-5H3. The van der Waals surface area contributed by atoms with Crippen molar-refractivity contribution in [3.63, 3.8) is 0 Å². The van der Waals surface area contributed by atoms with Crippen molar-refractivity contribution in [3.05, 3.63) is 18.3 Å². The Hall–Kier alpha value is -1.07. The quantitative estimate of drug-likeness (QED) is 0.789. The smallest absolute Gasteiger partial charge is 0.399 e. The van der Waals surface area contributed by atoms with E-state index in [2.05, 4.69) is 50.7 Å². The molecule has 1 aliphatic carbocycles. The highest BCUT2D eigenvalue weighted by Gasteiger charge is 2.51. The van der Waals surface area contributed by atoms with E-state index in [1.165, 1.54) is 12.8 Å². The minimum Gasteiger partial charge on any atom is -0.399 e. The lowest BCUT2D eigenvalue weighted by atomic mass is 9.79. The van der Waals surface area contributed by atoms with Crippen LogP contribution in [0, 0.1) is 0 Å². The average Bonchev–Trinajstić information content (AvgIpc) is 3.17. The molecule has 5 heteroatoms. The Morgan fingerprint density at radius 3 is 2.35 bits per heavy atom. The maximum Gasteiger partial charge on any atom is 0.495 e. The SMILES string of the molecule is CN(c1cc(B2OC(C)(C)C(C)(C)O2)ccn1)C1CC1. The van der Waals surface area contributed by atoms with E-state index in [0.29, 0.717) is 6.04 Å². The van der Waals surface area contributed by atoms with Gasteiger partial charge in [0.15, 0.2) is 0 Å². The molecule has 0 spiro atoms. The van der Waals surface area contributed by atoms with Gasteiger partial charge in [-0.25, -0.2) is 4.98 Å². The zero-order valence-corrected chi connectivity index (χ0v) is 13.0. The zero-order valence-electron chi connectivity index (χ0n) is 13.0. The van der Waals surface area contributed by atoms with Crippen LogP contribution in [0.5, 0.6) is 0 Å². The summed E-state index contributed by atoms with van der Waals surface area (Å²) in [4.78, 5) is 6.70. The zero-order chi connectivity index (χ0) is 14.5. The Kier molecular flexibility index (Phi) is 3.10. The van der Waals surface area contributed by atoms with E-state index in [1.54, 1.807) is 0 Å². The van der Waals surface area contributed by atoms with Crippen LogP contribution in [0.1, 0.15) is 40.5 Å². The normalized spacial score (nSPS) is 23.9. The first kappa shape index (κ1) is 13.9. The molecular weight excluding hydrogens is 251 g/mol. The molecule has 1 saturated carbocycles.